The SMILES string of the molecule is Cc1ccc2c(c1)C(NC1CC1)CCCN2C(=O)c1ccc(NC(=O)c2ccccc2C)cc1Cl. The van der Waals surface area contributed by atoms with Crippen LogP contribution < -0.4 is 15.5 Å². The van der Waals surface area contributed by atoms with Crippen molar-refractivity contribution in [1.29, 1.82) is 0 Å². The minimum absolute atomic E-state index is 0.121. The van der Waals surface area contributed by atoms with Crippen LogP contribution in [-0.4, -0.2) is 24.4 Å². The molecule has 1 aliphatic heterocycles. The summed E-state index contributed by atoms with van der Waals surface area (Å²) in [6.45, 7) is 4.63. The van der Waals surface area contributed by atoms with Crippen LogP contribution in [-0.2, 0) is 0 Å². The van der Waals surface area contributed by atoms with Gasteiger partial charge in [-0.25, -0.2) is 0 Å². The summed E-state index contributed by atoms with van der Waals surface area (Å²) in [5.41, 5.74) is 5.81. The van der Waals surface area contributed by atoms with E-state index >= 15 is 0 Å². The Morgan fingerprint density at radius 3 is 2.49 bits per heavy atom. The molecule has 0 spiro atoms. The molecule has 0 aromatic heterocycles. The summed E-state index contributed by atoms with van der Waals surface area (Å²) in [5.74, 6) is -0.326. The molecule has 1 unspecified atom stereocenters. The number of amides is 2. The van der Waals surface area contributed by atoms with E-state index in [2.05, 4.69) is 35.8 Å². The zero-order valence-electron chi connectivity index (χ0n) is 20.1. The van der Waals surface area contributed by atoms with Gasteiger partial charge in [-0.15, -0.1) is 0 Å². The first-order valence-corrected chi connectivity index (χ1v) is 12.6. The summed E-state index contributed by atoms with van der Waals surface area (Å²) in [6, 6.07) is 19.7. The largest absolute Gasteiger partial charge is 0.322 e. The van der Waals surface area contributed by atoms with E-state index in [-0.39, 0.29) is 17.9 Å². The molecule has 1 saturated carbocycles. The molecule has 1 atom stereocenters. The number of nitrogens with one attached hydrogen (secondary N) is 2. The molecule has 2 N–H and O–H groups in total. The van der Waals surface area contributed by atoms with E-state index in [1.165, 1.54) is 24.0 Å². The van der Waals surface area contributed by atoms with Gasteiger partial charge in [0.05, 0.1) is 10.6 Å². The van der Waals surface area contributed by atoms with E-state index < -0.39 is 0 Å². The lowest BCUT2D eigenvalue weighted by molar-refractivity contribution is 0.0985. The number of rotatable bonds is 5. The van der Waals surface area contributed by atoms with E-state index in [9.17, 15) is 9.59 Å². The monoisotopic (exact) mass is 487 g/mol. The van der Waals surface area contributed by atoms with Crippen LogP contribution in [0.25, 0.3) is 0 Å². The van der Waals surface area contributed by atoms with Crippen molar-refractivity contribution < 1.29 is 9.59 Å². The number of benzene rings is 3. The predicted molar refractivity (Wildman–Crippen MR) is 142 cm³/mol. The topological polar surface area (TPSA) is 61.4 Å². The van der Waals surface area contributed by atoms with Crippen LogP contribution in [0.4, 0.5) is 11.4 Å². The quantitative estimate of drug-likeness (QED) is 0.435. The highest BCUT2D eigenvalue weighted by molar-refractivity contribution is 6.35. The number of fused-ring (bicyclic) bond motifs is 1. The Hall–Kier alpha value is -3.15. The number of hydrogen-bond donors (Lipinski definition) is 2. The lowest BCUT2D eigenvalue weighted by Gasteiger charge is -2.25. The number of halogens is 1. The molecule has 0 bridgehead atoms. The Morgan fingerprint density at radius 2 is 1.74 bits per heavy atom. The van der Waals surface area contributed by atoms with Crippen LogP contribution in [0.5, 0.6) is 0 Å². The van der Waals surface area contributed by atoms with Gasteiger partial charge in [-0.05, 0) is 81.0 Å². The van der Waals surface area contributed by atoms with Crippen molar-refractivity contribution in [2.24, 2.45) is 0 Å². The van der Waals surface area contributed by atoms with Crippen LogP contribution in [0.3, 0.4) is 0 Å². The fourth-order valence-corrected chi connectivity index (χ4v) is 5.05. The zero-order chi connectivity index (χ0) is 24.5. The van der Waals surface area contributed by atoms with Crippen molar-refractivity contribution in [3.8, 4) is 0 Å². The van der Waals surface area contributed by atoms with E-state index in [0.717, 1.165) is 24.1 Å². The van der Waals surface area contributed by atoms with Gasteiger partial charge in [-0.3, -0.25) is 9.59 Å². The third-order valence-corrected chi connectivity index (χ3v) is 7.14. The van der Waals surface area contributed by atoms with E-state index in [4.69, 9.17) is 11.6 Å². The summed E-state index contributed by atoms with van der Waals surface area (Å²) in [5, 5.41) is 6.98. The Morgan fingerprint density at radius 1 is 0.943 bits per heavy atom. The first kappa shape index (κ1) is 23.6. The molecule has 0 saturated heterocycles. The maximum Gasteiger partial charge on any atom is 0.259 e. The van der Waals surface area contributed by atoms with Gasteiger partial charge < -0.3 is 15.5 Å². The molecule has 3 aromatic carbocycles. The van der Waals surface area contributed by atoms with Crippen molar-refractivity contribution >= 4 is 34.8 Å². The van der Waals surface area contributed by atoms with E-state index in [0.29, 0.717) is 34.4 Å². The average molecular weight is 488 g/mol. The molecule has 1 fully saturated rings. The van der Waals surface area contributed by atoms with Gasteiger partial charge in [0.25, 0.3) is 11.8 Å². The molecule has 35 heavy (non-hydrogen) atoms. The molecule has 180 valence electrons. The first-order chi connectivity index (χ1) is 16.9. The molecule has 5 nitrogen and oxygen atoms in total. The number of hydrogen-bond acceptors (Lipinski definition) is 3. The fourth-order valence-electron chi connectivity index (χ4n) is 4.78. The summed E-state index contributed by atoms with van der Waals surface area (Å²) < 4.78 is 0. The van der Waals surface area contributed by atoms with Gasteiger partial charge in [-0.1, -0.05) is 47.5 Å². The lowest BCUT2D eigenvalue weighted by atomic mass is 9.99. The summed E-state index contributed by atoms with van der Waals surface area (Å²) in [4.78, 5) is 28.2. The van der Waals surface area contributed by atoms with Crippen molar-refractivity contribution in [1.82, 2.24) is 5.32 Å². The highest BCUT2D eigenvalue weighted by atomic mass is 35.5. The first-order valence-electron chi connectivity index (χ1n) is 12.3. The molecule has 0 radical (unpaired) electrons. The number of anilines is 2. The summed E-state index contributed by atoms with van der Waals surface area (Å²) in [7, 11) is 0. The van der Waals surface area contributed by atoms with Crippen molar-refractivity contribution in [2.45, 2.75) is 51.6 Å². The molecule has 1 heterocycles. The average Bonchev–Trinajstić information content (AvgIpc) is 3.67. The molecular formula is C29H30ClN3O2. The van der Waals surface area contributed by atoms with E-state index in [1.54, 1.807) is 24.3 Å². The van der Waals surface area contributed by atoms with Crippen molar-refractivity contribution in [3.63, 3.8) is 0 Å². The van der Waals surface area contributed by atoms with Gasteiger partial charge >= 0.3 is 0 Å². The normalized spacial score (nSPS) is 17.5. The minimum Gasteiger partial charge on any atom is -0.322 e. The van der Waals surface area contributed by atoms with Crippen LogP contribution in [0.15, 0.2) is 60.7 Å². The van der Waals surface area contributed by atoms with Crippen molar-refractivity contribution in [2.75, 3.05) is 16.8 Å². The second-order valence-electron chi connectivity index (χ2n) is 9.62. The maximum atomic E-state index is 13.7. The summed E-state index contributed by atoms with van der Waals surface area (Å²) >= 11 is 6.59. The Labute approximate surface area is 211 Å². The maximum absolute atomic E-state index is 13.7. The smallest absolute Gasteiger partial charge is 0.259 e. The van der Waals surface area contributed by atoms with Crippen LogP contribution in [0.1, 0.15) is 69.1 Å². The molecule has 2 aliphatic rings. The minimum atomic E-state index is -0.204. The van der Waals surface area contributed by atoms with E-state index in [1.807, 2.05) is 30.0 Å². The molecule has 5 rings (SSSR count). The Kier molecular flexibility index (Phi) is 6.63. The number of nitrogens with zero attached hydrogens (tertiary/aromatic N) is 1. The second kappa shape index (κ2) is 9.84. The van der Waals surface area contributed by atoms with Gasteiger partial charge in [0, 0.05) is 35.6 Å². The number of carbonyl (C=O) groups excluding carboxylic acids is 2. The zero-order valence-corrected chi connectivity index (χ0v) is 20.9. The molecule has 2 amide bonds. The molecule has 3 aromatic rings. The van der Waals surface area contributed by atoms with Gasteiger partial charge in [0.1, 0.15) is 0 Å². The lowest BCUT2D eigenvalue weighted by Crippen LogP contribution is -2.32. The van der Waals surface area contributed by atoms with Crippen molar-refractivity contribution in [3.05, 3.63) is 93.5 Å². The summed E-state index contributed by atoms with van der Waals surface area (Å²) in [6.07, 6.45) is 4.35. The van der Waals surface area contributed by atoms with Crippen LogP contribution >= 0.6 is 11.6 Å². The molecule has 6 heteroatoms. The predicted octanol–water partition coefficient (Wildman–Crippen LogP) is 6.44. The van der Waals surface area contributed by atoms with Gasteiger partial charge in [-0.2, -0.15) is 0 Å². The fraction of sp³-hybridized carbons (Fsp3) is 0.310. The van der Waals surface area contributed by atoms with Gasteiger partial charge in [0.2, 0.25) is 0 Å². The van der Waals surface area contributed by atoms with Crippen LogP contribution in [0.2, 0.25) is 5.02 Å². The highest BCUT2D eigenvalue weighted by Crippen LogP contribution is 2.37. The second-order valence-corrected chi connectivity index (χ2v) is 10.0. The van der Waals surface area contributed by atoms with Crippen LogP contribution in [0, 0.1) is 13.8 Å². The standard InChI is InChI=1S/C29H30ClN3O2/c1-18-9-14-27-24(16-18)26(31-20-10-11-20)8-5-15-33(27)29(35)23-13-12-21(17-25(23)30)32-28(34)22-7-4-3-6-19(22)2/h3-4,6-7,9,12-14,16-17,20,26,31H,5,8,10-11,15H2,1-2H3,(H,32,34). The Bertz CT molecular complexity index is 1280. The van der Waals surface area contributed by atoms with Gasteiger partial charge in [0.15, 0.2) is 0 Å². The third kappa shape index (κ3) is 5.12. The molecule has 1 aliphatic carbocycles. The number of carbonyl (C=O) groups is 2. The molecular weight excluding hydrogens is 458 g/mol. The highest BCUT2D eigenvalue weighted by Gasteiger charge is 2.31. The third-order valence-electron chi connectivity index (χ3n) is 6.83. The Balaban J connectivity index is 1.39. The number of aryl methyl sites for hydroxylation is 2.